The van der Waals surface area contributed by atoms with Crippen LogP contribution in [0.1, 0.15) is 26.7 Å². The summed E-state index contributed by atoms with van der Waals surface area (Å²) in [5.41, 5.74) is 1.08. The van der Waals surface area contributed by atoms with Gasteiger partial charge in [0.25, 0.3) is 0 Å². The van der Waals surface area contributed by atoms with Crippen LogP contribution >= 0.6 is 0 Å². The summed E-state index contributed by atoms with van der Waals surface area (Å²) >= 11 is 0. The van der Waals surface area contributed by atoms with Gasteiger partial charge in [-0.3, -0.25) is 9.59 Å². The number of rotatable bonds is 6. The van der Waals surface area contributed by atoms with E-state index in [0.29, 0.717) is 17.8 Å². The minimum absolute atomic E-state index is 0.105. The molecule has 0 saturated heterocycles. The van der Waals surface area contributed by atoms with Crippen LogP contribution < -0.4 is 10.6 Å². The van der Waals surface area contributed by atoms with Gasteiger partial charge in [0, 0.05) is 24.7 Å². The van der Waals surface area contributed by atoms with Gasteiger partial charge in [-0.15, -0.1) is 0 Å². The maximum absolute atomic E-state index is 12.6. The largest absolute Gasteiger partial charge is 0.326 e. The van der Waals surface area contributed by atoms with E-state index in [2.05, 4.69) is 10.6 Å². The number of sulfone groups is 1. The Labute approximate surface area is 147 Å². The average molecular weight is 360 g/mol. The van der Waals surface area contributed by atoms with E-state index in [4.69, 9.17) is 0 Å². The van der Waals surface area contributed by atoms with Crippen molar-refractivity contribution in [3.05, 3.63) is 48.5 Å². The zero-order valence-electron chi connectivity index (χ0n) is 14.1. The van der Waals surface area contributed by atoms with Crippen LogP contribution in [0.15, 0.2) is 58.3 Å². The van der Waals surface area contributed by atoms with Gasteiger partial charge in [0.1, 0.15) is 0 Å². The van der Waals surface area contributed by atoms with Gasteiger partial charge in [-0.25, -0.2) is 8.42 Å². The van der Waals surface area contributed by atoms with Crippen molar-refractivity contribution in [2.75, 3.05) is 10.6 Å². The molecule has 25 heavy (non-hydrogen) atoms. The highest BCUT2D eigenvalue weighted by Crippen LogP contribution is 2.23. The molecule has 2 aromatic rings. The summed E-state index contributed by atoms with van der Waals surface area (Å²) < 4.78 is 25.3. The molecule has 2 rings (SSSR count). The summed E-state index contributed by atoms with van der Waals surface area (Å²) in [6, 6.07) is 12.0. The monoisotopic (exact) mass is 360 g/mol. The van der Waals surface area contributed by atoms with E-state index in [0.717, 1.165) is 6.42 Å². The SMILES string of the molecule is CCCC(=O)Nc1ccc(S(=O)(=O)c2ccc(NC(C)=O)cc2)cc1. The summed E-state index contributed by atoms with van der Waals surface area (Å²) in [6.07, 6.45) is 1.16. The van der Waals surface area contributed by atoms with Gasteiger partial charge >= 0.3 is 0 Å². The molecule has 0 atom stereocenters. The second kappa shape index (κ2) is 7.94. The number of carbonyl (C=O) groups excluding carboxylic acids is 2. The summed E-state index contributed by atoms with van der Waals surface area (Å²) in [4.78, 5) is 22.8. The smallest absolute Gasteiger partial charge is 0.224 e. The number of benzene rings is 2. The molecule has 7 heteroatoms. The van der Waals surface area contributed by atoms with E-state index in [1.54, 1.807) is 12.1 Å². The fourth-order valence-corrected chi connectivity index (χ4v) is 3.49. The van der Waals surface area contributed by atoms with Gasteiger partial charge < -0.3 is 10.6 Å². The fraction of sp³-hybridized carbons (Fsp3) is 0.222. The first kappa shape index (κ1) is 18.7. The number of hydrogen-bond acceptors (Lipinski definition) is 4. The first-order valence-corrected chi connectivity index (χ1v) is 9.34. The van der Waals surface area contributed by atoms with Crippen molar-refractivity contribution in [2.24, 2.45) is 0 Å². The minimum atomic E-state index is -3.67. The van der Waals surface area contributed by atoms with Crippen molar-refractivity contribution in [3.8, 4) is 0 Å². The van der Waals surface area contributed by atoms with E-state index in [-0.39, 0.29) is 21.6 Å². The number of anilines is 2. The van der Waals surface area contributed by atoms with Crippen molar-refractivity contribution in [1.29, 1.82) is 0 Å². The molecule has 0 saturated carbocycles. The molecule has 0 fully saturated rings. The van der Waals surface area contributed by atoms with Crippen LogP contribution in [0.2, 0.25) is 0 Å². The molecule has 0 aliphatic carbocycles. The molecular formula is C18H20N2O4S. The predicted molar refractivity (Wildman–Crippen MR) is 96.2 cm³/mol. The Morgan fingerprint density at radius 2 is 1.28 bits per heavy atom. The van der Waals surface area contributed by atoms with E-state index < -0.39 is 9.84 Å². The molecule has 0 aliphatic heterocycles. The molecule has 0 aromatic heterocycles. The standard InChI is InChI=1S/C18H20N2O4S/c1-3-4-18(22)20-15-7-11-17(12-8-15)25(23,24)16-9-5-14(6-10-16)19-13(2)21/h5-12H,3-4H2,1-2H3,(H,19,21)(H,20,22). The zero-order valence-corrected chi connectivity index (χ0v) is 14.9. The first-order chi connectivity index (χ1) is 11.8. The Kier molecular flexibility index (Phi) is 5.93. The van der Waals surface area contributed by atoms with Crippen LogP contribution in [-0.2, 0) is 19.4 Å². The molecule has 2 aromatic carbocycles. The summed E-state index contributed by atoms with van der Waals surface area (Å²) in [7, 11) is -3.67. The topological polar surface area (TPSA) is 92.3 Å². The lowest BCUT2D eigenvalue weighted by atomic mass is 10.3. The average Bonchev–Trinajstić information content (AvgIpc) is 2.55. The van der Waals surface area contributed by atoms with Gasteiger partial charge in [0.2, 0.25) is 21.7 Å². The van der Waals surface area contributed by atoms with E-state index in [9.17, 15) is 18.0 Å². The summed E-state index contributed by atoms with van der Waals surface area (Å²) in [6.45, 7) is 3.29. The third-order valence-corrected chi connectivity index (χ3v) is 5.20. The maximum Gasteiger partial charge on any atom is 0.224 e. The Hall–Kier alpha value is -2.67. The molecular weight excluding hydrogens is 340 g/mol. The van der Waals surface area contributed by atoms with Gasteiger partial charge in [-0.1, -0.05) is 6.92 Å². The highest BCUT2D eigenvalue weighted by molar-refractivity contribution is 7.91. The lowest BCUT2D eigenvalue weighted by molar-refractivity contribution is -0.116. The third kappa shape index (κ3) is 4.90. The fourth-order valence-electron chi connectivity index (χ4n) is 2.22. The Balaban J connectivity index is 2.18. The van der Waals surface area contributed by atoms with Gasteiger partial charge in [0.15, 0.2) is 0 Å². The molecule has 0 heterocycles. The van der Waals surface area contributed by atoms with E-state index in [1.807, 2.05) is 6.92 Å². The minimum Gasteiger partial charge on any atom is -0.326 e. The maximum atomic E-state index is 12.6. The number of carbonyl (C=O) groups is 2. The molecule has 6 nitrogen and oxygen atoms in total. The molecule has 0 bridgehead atoms. The van der Waals surface area contributed by atoms with Crippen molar-refractivity contribution < 1.29 is 18.0 Å². The number of hydrogen-bond donors (Lipinski definition) is 2. The third-order valence-electron chi connectivity index (χ3n) is 3.41. The molecule has 132 valence electrons. The normalized spacial score (nSPS) is 11.0. The van der Waals surface area contributed by atoms with Gasteiger partial charge in [-0.2, -0.15) is 0 Å². The molecule has 2 amide bonds. The van der Waals surface area contributed by atoms with Crippen LogP contribution in [0.4, 0.5) is 11.4 Å². The quantitative estimate of drug-likeness (QED) is 0.827. The molecule has 0 spiro atoms. The van der Waals surface area contributed by atoms with E-state index in [1.165, 1.54) is 43.3 Å². The van der Waals surface area contributed by atoms with Crippen LogP contribution in [-0.4, -0.2) is 20.2 Å². The Bertz CT molecular complexity index is 857. The molecule has 0 aliphatic rings. The van der Waals surface area contributed by atoms with Crippen LogP contribution in [0.25, 0.3) is 0 Å². The number of amides is 2. The Morgan fingerprint density at radius 1 is 0.840 bits per heavy atom. The molecule has 2 N–H and O–H groups in total. The number of nitrogens with one attached hydrogen (secondary N) is 2. The van der Waals surface area contributed by atoms with Crippen LogP contribution in [0.5, 0.6) is 0 Å². The van der Waals surface area contributed by atoms with Crippen molar-refractivity contribution in [3.63, 3.8) is 0 Å². The zero-order chi connectivity index (χ0) is 18.4. The lowest BCUT2D eigenvalue weighted by Crippen LogP contribution is -2.10. The van der Waals surface area contributed by atoms with Gasteiger partial charge in [-0.05, 0) is 55.0 Å². The van der Waals surface area contributed by atoms with Crippen LogP contribution in [0, 0.1) is 0 Å². The van der Waals surface area contributed by atoms with Crippen LogP contribution in [0.3, 0.4) is 0 Å². The van der Waals surface area contributed by atoms with Crippen molar-refractivity contribution >= 4 is 33.0 Å². The first-order valence-electron chi connectivity index (χ1n) is 7.85. The second-order valence-corrected chi connectivity index (χ2v) is 7.48. The van der Waals surface area contributed by atoms with Crippen molar-refractivity contribution in [1.82, 2.24) is 0 Å². The van der Waals surface area contributed by atoms with Gasteiger partial charge in [0.05, 0.1) is 9.79 Å². The second-order valence-electron chi connectivity index (χ2n) is 5.53. The highest BCUT2D eigenvalue weighted by atomic mass is 32.2. The summed E-state index contributed by atoms with van der Waals surface area (Å²) in [5, 5.41) is 5.30. The van der Waals surface area contributed by atoms with E-state index >= 15 is 0 Å². The Morgan fingerprint density at radius 3 is 1.68 bits per heavy atom. The highest BCUT2D eigenvalue weighted by Gasteiger charge is 2.17. The predicted octanol–water partition coefficient (Wildman–Crippen LogP) is 3.22. The lowest BCUT2D eigenvalue weighted by Gasteiger charge is -2.08. The molecule has 0 radical (unpaired) electrons. The van der Waals surface area contributed by atoms with Crippen molar-refractivity contribution in [2.45, 2.75) is 36.5 Å². The summed E-state index contributed by atoms with van der Waals surface area (Å²) in [5.74, 6) is -0.331. The molecule has 0 unspecified atom stereocenters.